The van der Waals surface area contributed by atoms with Gasteiger partial charge in [-0.1, -0.05) is 6.07 Å². The van der Waals surface area contributed by atoms with E-state index >= 15 is 0 Å². The molecule has 1 aliphatic rings. The second-order valence-corrected chi connectivity index (χ2v) is 5.13. The average Bonchev–Trinajstić information content (AvgIpc) is 2.86. The lowest BCUT2D eigenvalue weighted by atomic mass is 10.1. The van der Waals surface area contributed by atoms with E-state index in [1.807, 2.05) is 18.2 Å². The van der Waals surface area contributed by atoms with E-state index < -0.39 is 4.92 Å². The Morgan fingerprint density at radius 2 is 2.00 bits per heavy atom. The predicted octanol–water partition coefficient (Wildman–Crippen LogP) is 3.15. The van der Waals surface area contributed by atoms with Crippen LogP contribution in [0.3, 0.4) is 0 Å². The van der Waals surface area contributed by atoms with Gasteiger partial charge in [-0.05, 0) is 53.8 Å². The van der Waals surface area contributed by atoms with Gasteiger partial charge in [-0.3, -0.25) is 10.1 Å². The molecule has 1 aliphatic carbocycles. The van der Waals surface area contributed by atoms with E-state index in [9.17, 15) is 15.2 Å². The summed E-state index contributed by atoms with van der Waals surface area (Å²) >= 11 is 0. The summed E-state index contributed by atoms with van der Waals surface area (Å²) in [6.07, 6.45) is 1.27. The fraction of sp³-hybridized carbons (Fsp3) is 0.250. The second-order valence-electron chi connectivity index (χ2n) is 5.13. The van der Waals surface area contributed by atoms with E-state index in [1.165, 1.54) is 12.1 Å². The van der Waals surface area contributed by atoms with Gasteiger partial charge in [-0.15, -0.1) is 0 Å². The zero-order valence-corrected chi connectivity index (χ0v) is 11.4. The Bertz CT molecular complexity index is 666. The van der Waals surface area contributed by atoms with Crippen LogP contribution in [0.5, 0.6) is 5.75 Å². The number of aliphatic hydroxyl groups is 1. The molecule has 5 nitrogen and oxygen atoms in total. The summed E-state index contributed by atoms with van der Waals surface area (Å²) in [5.74, 6) is 0.751. The summed E-state index contributed by atoms with van der Waals surface area (Å²) in [5.41, 5.74) is 3.06. The minimum absolute atomic E-state index is 0.0743. The van der Waals surface area contributed by atoms with Crippen LogP contribution in [0.1, 0.15) is 29.2 Å². The van der Waals surface area contributed by atoms with Gasteiger partial charge in [0.2, 0.25) is 0 Å². The van der Waals surface area contributed by atoms with Gasteiger partial charge in [-0.25, -0.2) is 0 Å². The Balaban J connectivity index is 1.66. The normalized spacial score (nSPS) is 16.5. The van der Waals surface area contributed by atoms with E-state index in [2.05, 4.69) is 0 Å². The summed E-state index contributed by atoms with van der Waals surface area (Å²) in [5, 5.41) is 20.3. The molecule has 21 heavy (non-hydrogen) atoms. The summed E-state index contributed by atoms with van der Waals surface area (Å²) in [4.78, 5) is 10.2. The van der Waals surface area contributed by atoms with Crippen LogP contribution in [0.2, 0.25) is 0 Å². The molecule has 0 heterocycles. The fourth-order valence-electron chi connectivity index (χ4n) is 2.54. The third-order valence-corrected chi connectivity index (χ3v) is 3.71. The maximum absolute atomic E-state index is 10.6. The molecule has 5 heteroatoms. The number of rotatable bonds is 4. The summed E-state index contributed by atoms with van der Waals surface area (Å²) in [6, 6.07) is 12.0. The van der Waals surface area contributed by atoms with Gasteiger partial charge in [0.05, 0.1) is 11.0 Å². The highest BCUT2D eigenvalue weighted by Crippen LogP contribution is 2.33. The number of hydrogen-bond donors (Lipinski definition) is 1. The second kappa shape index (κ2) is 5.54. The van der Waals surface area contributed by atoms with Crippen LogP contribution in [0.4, 0.5) is 5.69 Å². The predicted molar refractivity (Wildman–Crippen MR) is 77.2 cm³/mol. The van der Waals surface area contributed by atoms with Gasteiger partial charge in [0, 0.05) is 12.1 Å². The van der Waals surface area contributed by atoms with Crippen LogP contribution >= 0.6 is 0 Å². The molecule has 0 radical (unpaired) electrons. The smallest absolute Gasteiger partial charge is 0.269 e. The summed E-state index contributed by atoms with van der Waals surface area (Å²) < 4.78 is 5.70. The molecular weight excluding hydrogens is 270 g/mol. The van der Waals surface area contributed by atoms with Crippen LogP contribution in [0.15, 0.2) is 42.5 Å². The molecule has 0 aliphatic heterocycles. The molecule has 0 saturated carbocycles. The molecule has 3 rings (SSSR count). The topological polar surface area (TPSA) is 72.6 Å². The lowest BCUT2D eigenvalue weighted by Gasteiger charge is -2.09. The van der Waals surface area contributed by atoms with Gasteiger partial charge >= 0.3 is 0 Å². The number of ether oxygens (including phenoxy) is 1. The first-order valence-corrected chi connectivity index (χ1v) is 6.80. The molecule has 2 aromatic rings. The Morgan fingerprint density at radius 1 is 1.24 bits per heavy atom. The SMILES string of the molecule is O=[N+]([O-])c1ccc(COc2ccc3c(c2)CC[C@H]3O)cc1. The Hall–Kier alpha value is -2.40. The molecule has 0 fully saturated rings. The zero-order chi connectivity index (χ0) is 14.8. The minimum Gasteiger partial charge on any atom is -0.489 e. The minimum atomic E-state index is -0.420. The number of nitro benzene ring substituents is 1. The average molecular weight is 285 g/mol. The molecule has 0 unspecified atom stereocenters. The van der Waals surface area contributed by atoms with Gasteiger partial charge < -0.3 is 9.84 Å². The zero-order valence-electron chi connectivity index (χ0n) is 11.4. The van der Waals surface area contributed by atoms with E-state index in [-0.39, 0.29) is 11.8 Å². The third-order valence-electron chi connectivity index (χ3n) is 3.71. The summed E-state index contributed by atoms with van der Waals surface area (Å²) in [6.45, 7) is 0.360. The Morgan fingerprint density at radius 3 is 2.71 bits per heavy atom. The Kier molecular flexibility index (Phi) is 3.58. The van der Waals surface area contributed by atoms with E-state index in [0.29, 0.717) is 6.61 Å². The number of hydrogen-bond acceptors (Lipinski definition) is 4. The highest BCUT2D eigenvalue weighted by atomic mass is 16.6. The number of benzene rings is 2. The monoisotopic (exact) mass is 285 g/mol. The van der Waals surface area contributed by atoms with Crippen molar-refractivity contribution >= 4 is 5.69 Å². The van der Waals surface area contributed by atoms with Gasteiger partial charge in [0.1, 0.15) is 12.4 Å². The van der Waals surface area contributed by atoms with Crippen molar-refractivity contribution in [3.63, 3.8) is 0 Å². The summed E-state index contributed by atoms with van der Waals surface area (Å²) in [7, 11) is 0. The van der Waals surface area contributed by atoms with Crippen molar-refractivity contribution in [2.75, 3.05) is 0 Å². The molecule has 2 aromatic carbocycles. The van der Waals surface area contributed by atoms with Gasteiger partial charge in [-0.2, -0.15) is 0 Å². The van der Waals surface area contributed by atoms with Crippen molar-refractivity contribution in [1.29, 1.82) is 0 Å². The van der Waals surface area contributed by atoms with E-state index in [0.717, 1.165) is 35.3 Å². The Labute approximate surface area is 122 Å². The lowest BCUT2D eigenvalue weighted by molar-refractivity contribution is -0.384. The molecular formula is C16H15NO4. The number of nitrogens with zero attached hydrogens (tertiary/aromatic N) is 1. The van der Waals surface area contributed by atoms with Crippen molar-refractivity contribution in [2.24, 2.45) is 0 Å². The van der Waals surface area contributed by atoms with Crippen molar-refractivity contribution < 1.29 is 14.8 Å². The van der Waals surface area contributed by atoms with E-state index in [1.54, 1.807) is 12.1 Å². The largest absolute Gasteiger partial charge is 0.489 e. The number of non-ortho nitro benzene ring substituents is 1. The lowest BCUT2D eigenvalue weighted by Crippen LogP contribution is -1.97. The first kappa shape index (κ1) is 13.6. The highest BCUT2D eigenvalue weighted by Gasteiger charge is 2.20. The molecule has 0 saturated heterocycles. The molecule has 0 amide bonds. The van der Waals surface area contributed by atoms with Crippen LogP contribution in [0.25, 0.3) is 0 Å². The van der Waals surface area contributed by atoms with Crippen LogP contribution in [-0.4, -0.2) is 10.0 Å². The quantitative estimate of drug-likeness (QED) is 0.691. The highest BCUT2D eigenvalue weighted by molar-refractivity contribution is 5.40. The first-order chi connectivity index (χ1) is 10.1. The van der Waals surface area contributed by atoms with Crippen LogP contribution in [-0.2, 0) is 13.0 Å². The first-order valence-electron chi connectivity index (χ1n) is 6.80. The van der Waals surface area contributed by atoms with E-state index in [4.69, 9.17) is 4.74 Å². The number of aliphatic hydroxyl groups excluding tert-OH is 1. The molecule has 1 atom stereocenters. The molecule has 108 valence electrons. The number of aryl methyl sites for hydroxylation is 1. The number of fused-ring (bicyclic) bond motifs is 1. The van der Waals surface area contributed by atoms with Crippen molar-refractivity contribution in [3.05, 3.63) is 69.3 Å². The fourth-order valence-corrected chi connectivity index (χ4v) is 2.54. The van der Waals surface area contributed by atoms with Crippen molar-refractivity contribution in [1.82, 2.24) is 0 Å². The standard InChI is InChI=1S/C16H15NO4/c18-16-8-3-12-9-14(6-7-15(12)16)21-10-11-1-4-13(5-2-11)17(19)20/h1-2,4-7,9,16,18H,3,8,10H2/t16-/m1/s1. The van der Waals surface area contributed by atoms with Gasteiger partial charge in [0.25, 0.3) is 5.69 Å². The molecule has 0 bridgehead atoms. The molecule has 0 spiro atoms. The van der Waals surface area contributed by atoms with Crippen LogP contribution < -0.4 is 4.74 Å². The van der Waals surface area contributed by atoms with Crippen LogP contribution in [0, 0.1) is 10.1 Å². The third kappa shape index (κ3) is 2.87. The molecule has 1 N–H and O–H groups in total. The van der Waals surface area contributed by atoms with Gasteiger partial charge in [0.15, 0.2) is 0 Å². The van der Waals surface area contributed by atoms with Crippen molar-refractivity contribution in [2.45, 2.75) is 25.6 Å². The molecule has 0 aromatic heterocycles. The maximum Gasteiger partial charge on any atom is 0.269 e. The maximum atomic E-state index is 10.6. The van der Waals surface area contributed by atoms with Crippen molar-refractivity contribution in [3.8, 4) is 5.75 Å². The number of nitro groups is 1.